The predicted molar refractivity (Wildman–Crippen MR) is 123 cm³/mol. The van der Waals surface area contributed by atoms with Gasteiger partial charge in [-0.25, -0.2) is 4.99 Å². The van der Waals surface area contributed by atoms with Gasteiger partial charge in [-0.1, -0.05) is 25.1 Å². The van der Waals surface area contributed by atoms with Crippen molar-refractivity contribution in [3.63, 3.8) is 0 Å². The second kappa shape index (κ2) is 14.5. The average Bonchev–Trinajstić information content (AvgIpc) is 2.57. The fraction of sp³-hybridized carbons (Fsp3) is 0.529. The average molecular weight is 496 g/mol. The van der Waals surface area contributed by atoms with Crippen molar-refractivity contribution in [3.8, 4) is 0 Å². The molecule has 2 N–H and O–H groups in total. The molecule has 0 aliphatic heterocycles. The zero-order valence-corrected chi connectivity index (χ0v) is 19.3. The van der Waals surface area contributed by atoms with Gasteiger partial charge >= 0.3 is 0 Å². The number of halogens is 1. The summed E-state index contributed by atoms with van der Waals surface area (Å²) in [6.07, 6.45) is 2.07. The Morgan fingerprint density at radius 2 is 1.92 bits per heavy atom. The molecule has 0 bridgehead atoms. The van der Waals surface area contributed by atoms with E-state index in [0.29, 0.717) is 11.2 Å². The minimum atomic E-state index is -0.00678. The number of likely N-dealkylation sites (N-methyl/N-ethyl adjacent to an activating group) is 1. The van der Waals surface area contributed by atoms with Gasteiger partial charge < -0.3 is 15.5 Å². The number of thioether (sulfide) groups is 2. The van der Waals surface area contributed by atoms with E-state index in [1.54, 1.807) is 30.8 Å². The highest BCUT2D eigenvalue weighted by Gasteiger charge is 2.07. The summed E-state index contributed by atoms with van der Waals surface area (Å²) < 4.78 is 0. The summed E-state index contributed by atoms with van der Waals surface area (Å²) in [6, 6.07) is 10.3. The number of carbonyl (C=O) groups excluding carboxylic acids is 1. The molecule has 1 amide bonds. The molecule has 1 unspecified atom stereocenters. The molecule has 0 aromatic heterocycles. The predicted octanol–water partition coefficient (Wildman–Crippen LogP) is 2.77. The zero-order valence-electron chi connectivity index (χ0n) is 15.3. The first-order valence-corrected chi connectivity index (χ1v) is 10.2. The number of rotatable bonds is 9. The summed E-state index contributed by atoms with van der Waals surface area (Å²) in [6.45, 7) is 3.93. The van der Waals surface area contributed by atoms with Gasteiger partial charge in [0, 0.05) is 43.1 Å². The van der Waals surface area contributed by atoms with Crippen LogP contribution in [0.1, 0.15) is 6.92 Å². The van der Waals surface area contributed by atoms with Crippen LogP contribution in [0.3, 0.4) is 0 Å². The summed E-state index contributed by atoms with van der Waals surface area (Å²) in [5, 5.41) is 7.00. The summed E-state index contributed by atoms with van der Waals surface area (Å²) in [7, 11) is 3.48. The second-order valence-electron chi connectivity index (χ2n) is 5.49. The Morgan fingerprint density at radius 3 is 2.52 bits per heavy atom. The van der Waals surface area contributed by atoms with Crippen LogP contribution in [0.4, 0.5) is 0 Å². The lowest BCUT2D eigenvalue weighted by atomic mass is 10.4. The Bertz CT molecular complexity index is 515. The number of hydrogen-bond donors (Lipinski definition) is 2. The first kappa shape index (κ1) is 24.4. The Labute approximate surface area is 177 Å². The van der Waals surface area contributed by atoms with Crippen molar-refractivity contribution in [1.29, 1.82) is 0 Å². The molecule has 142 valence electrons. The number of nitrogens with one attached hydrogen (secondary N) is 2. The van der Waals surface area contributed by atoms with Gasteiger partial charge in [0.2, 0.25) is 5.91 Å². The van der Waals surface area contributed by atoms with Gasteiger partial charge in [0.1, 0.15) is 6.54 Å². The third-order valence-corrected chi connectivity index (χ3v) is 4.83. The van der Waals surface area contributed by atoms with Crippen LogP contribution in [0.2, 0.25) is 0 Å². The van der Waals surface area contributed by atoms with Gasteiger partial charge in [0.15, 0.2) is 5.96 Å². The normalized spacial score (nSPS) is 12.1. The van der Waals surface area contributed by atoms with Gasteiger partial charge in [-0.2, -0.15) is 11.8 Å². The van der Waals surface area contributed by atoms with E-state index >= 15 is 0 Å². The van der Waals surface area contributed by atoms with Crippen LogP contribution in [0, 0.1) is 0 Å². The van der Waals surface area contributed by atoms with E-state index in [9.17, 15) is 4.79 Å². The Balaban J connectivity index is 0.00000576. The molecule has 1 aromatic carbocycles. The standard InChI is InChI=1S/C17H28N4OS2.HI/c1-14(24-15-8-6-5-7-9-15)12-19-17(18-10-11-23-4)20-13-16(22)21(2)3;/h5-9,14H,10-13H2,1-4H3,(H2,18,19,20);1H. The molecule has 8 heteroatoms. The van der Waals surface area contributed by atoms with Gasteiger partial charge in [-0.15, -0.1) is 35.7 Å². The molecule has 0 saturated heterocycles. The Hall–Kier alpha value is -0.610. The monoisotopic (exact) mass is 496 g/mol. The van der Waals surface area contributed by atoms with Crippen molar-refractivity contribution in [2.24, 2.45) is 4.99 Å². The molecule has 0 fully saturated rings. The summed E-state index contributed by atoms with van der Waals surface area (Å²) in [5.74, 6) is 1.68. The summed E-state index contributed by atoms with van der Waals surface area (Å²) >= 11 is 3.59. The molecule has 0 spiro atoms. The lowest BCUT2D eigenvalue weighted by Gasteiger charge is -2.16. The molecular formula is C17H29IN4OS2. The van der Waals surface area contributed by atoms with Crippen LogP contribution < -0.4 is 10.6 Å². The molecule has 1 aromatic rings. The topological polar surface area (TPSA) is 56.7 Å². The van der Waals surface area contributed by atoms with Crippen molar-refractivity contribution in [3.05, 3.63) is 30.3 Å². The number of nitrogens with zero attached hydrogens (tertiary/aromatic N) is 2. The molecule has 0 aliphatic rings. The molecule has 1 rings (SSSR count). The maximum absolute atomic E-state index is 11.7. The highest BCUT2D eigenvalue weighted by Crippen LogP contribution is 2.21. The largest absolute Gasteiger partial charge is 0.356 e. The minimum absolute atomic E-state index is 0. The van der Waals surface area contributed by atoms with Crippen LogP contribution in [0.25, 0.3) is 0 Å². The molecule has 25 heavy (non-hydrogen) atoms. The van der Waals surface area contributed by atoms with E-state index in [2.05, 4.69) is 40.9 Å². The number of amides is 1. The number of carbonyl (C=O) groups is 1. The number of benzene rings is 1. The number of aliphatic imine (C=N–C) groups is 1. The minimum Gasteiger partial charge on any atom is -0.356 e. The fourth-order valence-electron chi connectivity index (χ4n) is 1.75. The smallest absolute Gasteiger partial charge is 0.243 e. The highest BCUT2D eigenvalue weighted by molar-refractivity contribution is 14.0. The van der Waals surface area contributed by atoms with E-state index in [1.807, 2.05) is 30.0 Å². The van der Waals surface area contributed by atoms with E-state index in [0.717, 1.165) is 18.8 Å². The summed E-state index contributed by atoms with van der Waals surface area (Å²) in [4.78, 5) is 18.9. The molecule has 0 radical (unpaired) electrons. The van der Waals surface area contributed by atoms with Crippen molar-refractivity contribution in [1.82, 2.24) is 15.5 Å². The lowest BCUT2D eigenvalue weighted by Crippen LogP contribution is -2.41. The third kappa shape index (κ3) is 11.6. The van der Waals surface area contributed by atoms with Crippen LogP contribution in [-0.4, -0.2) is 67.8 Å². The SMILES string of the molecule is CSCCNC(=NCC(=O)N(C)C)NCC(C)Sc1ccccc1.I. The zero-order chi connectivity index (χ0) is 17.8. The van der Waals surface area contributed by atoms with E-state index in [-0.39, 0.29) is 36.4 Å². The van der Waals surface area contributed by atoms with Crippen molar-refractivity contribution in [2.75, 3.05) is 45.7 Å². The van der Waals surface area contributed by atoms with Crippen molar-refractivity contribution >= 4 is 59.4 Å². The van der Waals surface area contributed by atoms with Gasteiger partial charge in [0.25, 0.3) is 0 Å². The lowest BCUT2D eigenvalue weighted by molar-refractivity contribution is -0.127. The molecule has 1 atom stereocenters. The third-order valence-electron chi connectivity index (χ3n) is 3.11. The van der Waals surface area contributed by atoms with Crippen LogP contribution in [-0.2, 0) is 4.79 Å². The van der Waals surface area contributed by atoms with Gasteiger partial charge in [-0.05, 0) is 18.4 Å². The number of hydrogen-bond acceptors (Lipinski definition) is 4. The Morgan fingerprint density at radius 1 is 1.24 bits per heavy atom. The number of guanidine groups is 1. The van der Waals surface area contributed by atoms with Crippen LogP contribution in [0.5, 0.6) is 0 Å². The van der Waals surface area contributed by atoms with Gasteiger partial charge in [0.05, 0.1) is 0 Å². The molecule has 5 nitrogen and oxygen atoms in total. The second-order valence-corrected chi connectivity index (χ2v) is 7.99. The van der Waals surface area contributed by atoms with Crippen molar-refractivity contribution in [2.45, 2.75) is 17.1 Å². The maximum atomic E-state index is 11.7. The summed E-state index contributed by atoms with van der Waals surface area (Å²) in [5.41, 5.74) is 0. The van der Waals surface area contributed by atoms with E-state index < -0.39 is 0 Å². The van der Waals surface area contributed by atoms with E-state index in [1.165, 1.54) is 4.90 Å². The molecule has 0 heterocycles. The van der Waals surface area contributed by atoms with Crippen molar-refractivity contribution < 1.29 is 4.79 Å². The quantitative estimate of drug-likeness (QED) is 0.181. The van der Waals surface area contributed by atoms with Crippen LogP contribution in [0.15, 0.2) is 40.2 Å². The fourth-order valence-corrected chi connectivity index (χ4v) is 3.00. The molecule has 0 saturated carbocycles. The highest BCUT2D eigenvalue weighted by atomic mass is 127. The van der Waals surface area contributed by atoms with E-state index in [4.69, 9.17) is 0 Å². The molecular weight excluding hydrogens is 467 g/mol. The van der Waals surface area contributed by atoms with Crippen LogP contribution >= 0.6 is 47.5 Å². The molecule has 0 aliphatic carbocycles. The first-order chi connectivity index (χ1) is 11.5. The first-order valence-electron chi connectivity index (χ1n) is 7.96. The Kier molecular flexibility index (Phi) is 14.2. The maximum Gasteiger partial charge on any atom is 0.243 e. The van der Waals surface area contributed by atoms with Gasteiger partial charge in [-0.3, -0.25) is 4.79 Å².